The van der Waals surface area contributed by atoms with Crippen molar-refractivity contribution in [2.75, 3.05) is 0 Å². The number of hydrogen-bond acceptors (Lipinski definition) is 3. The van der Waals surface area contributed by atoms with Crippen LogP contribution in [0.3, 0.4) is 0 Å². The fourth-order valence-corrected chi connectivity index (χ4v) is 2.42. The molecule has 0 fully saturated rings. The molecule has 0 saturated heterocycles. The van der Waals surface area contributed by atoms with E-state index < -0.39 is 0 Å². The first-order valence-corrected chi connectivity index (χ1v) is 7.79. The monoisotopic (exact) mass is 321 g/mol. The molecule has 3 N–H and O–H groups in total. The first-order chi connectivity index (χ1) is 11.5. The summed E-state index contributed by atoms with van der Waals surface area (Å²) in [5.74, 6) is 0.128. The van der Waals surface area contributed by atoms with Gasteiger partial charge in [-0.2, -0.15) is 5.10 Å². The quantitative estimate of drug-likeness (QED) is 0.687. The van der Waals surface area contributed by atoms with Crippen molar-refractivity contribution >= 4 is 5.91 Å². The Bertz CT molecular complexity index is 851. The molecule has 0 bridgehead atoms. The molecule has 5 nitrogen and oxygen atoms in total. The summed E-state index contributed by atoms with van der Waals surface area (Å²) in [4.78, 5) is 12.1. The summed E-state index contributed by atoms with van der Waals surface area (Å²) in [7, 11) is 0. The Morgan fingerprint density at radius 1 is 1.08 bits per heavy atom. The lowest BCUT2D eigenvalue weighted by molar-refractivity contribution is 0.0943. The third kappa shape index (κ3) is 3.46. The molecule has 5 heteroatoms. The average Bonchev–Trinajstić information content (AvgIpc) is 3.05. The zero-order chi connectivity index (χ0) is 17.1. The van der Waals surface area contributed by atoms with Crippen molar-refractivity contribution in [3.05, 3.63) is 60.2 Å². The summed E-state index contributed by atoms with van der Waals surface area (Å²) in [6.45, 7) is 3.86. The number of benzene rings is 2. The van der Waals surface area contributed by atoms with Crippen molar-refractivity contribution in [2.24, 2.45) is 0 Å². The molecule has 0 aliphatic carbocycles. The van der Waals surface area contributed by atoms with Crippen LogP contribution in [0.2, 0.25) is 0 Å². The third-order valence-electron chi connectivity index (χ3n) is 3.60. The van der Waals surface area contributed by atoms with Crippen LogP contribution in [-0.2, 0) is 0 Å². The van der Waals surface area contributed by atoms with E-state index in [1.807, 2.05) is 50.2 Å². The summed E-state index contributed by atoms with van der Waals surface area (Å²) in [5, 5.41) is 19.6. The number of rotatable bonds is 4. The fourth-order valence-electron chi connectivity index (χ4n) is 2.42. The Morgan fingerprint density at radius 3 is 2.54 bits per heavy atom. The van der Waals surface area contributed by atoms with Crippen LogP contribution in [0.1, 0.15) is 24.2 Å². The number of hydrogen-bond donors (Lipinski definition) is 3. The molecule has 0 radical (unpaired) electrons. The van der Waals surface area contributed by atoms with Crippen molar-refractivity contribution in [1.82, 2.24) is 15.5 Å². The number of nitrogens with one attached hydrogen (secondary N) is 2. The summed E-state index contributed by atoms with van der Waals surface area (Å²) in [6.07, 6.45) is 0. The Balaban J connectivity index is 1.87. The van der Waals surface area contributed by atoms with Crippen LogP contribution >= 0.6 is 0 Å². The molecule has 3 rings (SSSR count). The second-order valence-electron chi connectivity index (χ2n) is 5.92. The zero-order valence-corrected chi connectivity index (χ0v) is 13.6. The van der Waals surface area contributed by atoms with Gasteiger partial charge in [-0.1, -0.05) is 12.1 Å². The summed E-state index contributed by atoms with van der Waals surface area (Å²) in [5.41, 5.74) is 4.02. The highest BCUT2D eigenvalue weighted by molar-refractivity contribution is 5.95. The van der Waals surface area contributed by atoms with Gasteiger partial charge in [0.05, 0.1) is 11.4 Å². The summed E-state index contributed by atoms with van der Waals surface area (Å²) >= 11 is 0. The van der Waals surface area contributed by atoms with Crippen LogP contribution in [0.25, 0.3) is 22.5 Å². The number of phenolic OH excluding ortho intramolecular Hbond substituents is 1. The number of phenols is 1. The van der Waals surface area contributed by atoms with E-state index in [2.05, 4.69) is 15.5 Å². The number of H-pyrrole nitrogens is 1. The first kappa shape index (κ1) is 15.8. The van der Waals surface area contributed by atoms with Crippen molar-refractivity contribution in [3.8, 4) is 28.3 Å². The Kier molecular flexibility index (Phi) is 4.33. The van der Waals surface area contributed by atoms with E-state index in [0.717, 1.165) is 22.5 Å². The lowest BCUT2D eigenvalue weighted by Crippen LogP contribution is -2.30. The minimum atomic E-state index is -0.0962. The van der Waals surface area contributed by atoms with Gasteiger partial charge in [0.25, 0.3) is 5.91 Å². The number of aromatic hydroxyl groups is 1. The summed E-state index contributed by atoms with van der Waals surface area (Å²) in [6, 6.07) is 16.3. The first-order valence-electron chi connectivity index (χ1n) is 7.79. The van der Waals surface area contributed by atoms with Gasteiger partial charge in [0.15, 0.2) is 0 Å². The van der Waals surface area contributed by atoms with Crippen LogP contribution in [0.4, 0.5) is 0 Å². The number of aromatic amines is 1. The van der Waals surface area contributed by atoms with Gasteiger partial charge < -0.3 is 10.4 Å². The molecule has 0 spiro atoms. The van der Waals surface area contributed by atoms with Gasteiger partial charge in [-0.15, -0.1) is 0 Å². The lowest BCUT2D eigenvalue weighted by atomic mass is 10.1. The minimum Gasteiger partial charge on any atom is -0.508 e. The standard InChI is InChI=1S/C19H19N3O2/c1-12(2)20-19(24)15-5-3-4-14(10-15)18-11-17(21-22-18)13-6-8-16(23)9-7-13/h3-12,23H,1-2H3,(H,20,24)(H,21,22). The fraction of sp³-hybridized carbons (Fsp3) is 0.158. The third-order valence-corrected chi connectivity index (χ3v) is 3.60. The van der Waals surface area contributed by atoms with Crippen molar-refractivity contribution in [3.63, 3.8) is 0 Å². The van der Waals surface area contributed by atoms with E-state index in [0.29, 0.717) is 5.56 Å². The van der Waals surface area contributed by atoms with Crippen molar-refractivity contribution < 1.29 is 9.90 Å². The predicted octanol–water partition coefficient (Wildman–Crippen LogP) is 3.59. The highest BCUT2D eigenvalue weighted by Gasteiger charge is 2.10. The van der Waals surface area contributed by atoms with Crippen LogP contribution in [-0.4, -0.2) is 27.3 Å². The number of amides is 1. The molecular weight excluding hydrogens is 302 g/mol. The lowest BCUT2D eigenvalue weighted by Gasteiger charge is -2.08. The molecule has 1 amide bonds. The summed E-state index contributed by atoms with van der Waals surface area (Å²) < 4.78 is 0. The van der Waals surface area contributed by atoms with Crippen LogP contribution < -0.4 is 5.32 Å². The molecular formula is C19H19N3O2. The molecule has 2 aromatic carbocycles. The maximum Gasteiger partial charge on any atom is 0.251 e. The maximum atomic E-state index is 12.1. The van der Waals surface area contributed by atoms with Gasteiger partial charge in [0.2, 0.25) is 0 Å². The van der Waals surface area contributed by atoms with Gasteiger partial charge in [-0.25, -0.2) is 0 Å². The van der Waals surface area contributed by atoms with Gasteiger partial charge >= 0.3 is 0 Å². The predicted molar refractivity (Wildman–Crippen MR) is 93.7 cm³/mol. The topological polar surface area (TPSA) is 78.0 Å². The van der Waals surface area contributed by atoms with Gasteiger partial charge in [0, 0.05) is 17.2 Å². The average molecular weight is 321 g/mol. The van der Waals surface area contributed by atoms with Gasteiger partial charge in [0.1, 0.15) is 5.75 Å². The molecule has 0 atom stereocenters. The van der Waals surface area contributed by atoms with Crippen LogP contribution in [0.5, 0.6) is 5.75 Å². The van der Waals surface area contributed by atoms with E-state index in [1.54, 1.807) is 18.2 Å². The molecule has 122 valence electrons. The Morgan fingerprint density at radius 2 is 1.83 bits per heavy atom. The van der Waals surface area contributed by atoms with E-state index >= 15 is 0 Å². The molecule has 24 heavy (non-hydrogen) atoms. The van der Waals surface area contributed by atoms with Crippen molar-refractivity contribution in [2.45, 2.75) is 19.9 Å². The van der Waals surface area contributed by atoms with Crippen LogP contribution in [0, 0.1) is 0 Å². The van der Waals surface area contributed by atoms with E-state index in [1.165, 1.54) is 0 Å². The number of carbonyl (C=O) groups is 1. The smallest absolute Gasteiger partial charge is 0.251 e. The van der Waals surface area contributed by atoms with E-state index in [-0.39, 0.29) is 17.7 Å². The molecule has 0 unspecified atom stereocenters. The number of carbonyl (C=O) groups excluding carboxylic acids is 1. The largest absolute Gasteiger partial charge is 0.508 e. The van der Waals surface area contributed by atoms with E-state index in [9.17, 15) is 9.90 Å². The molecule has 3 aromatic rings. The normalized spacial score (nSPS) is 10.8. The molecule has 0 saturated carbocycles. The Labute approximate surface area is 140 Å². The minimum absolute atomic E-state index is 0.0904. The SMILES string of the molecule is CC(C)NC(=O)c1cccc(-c2cc(-c3ccc(O)cc3)[nH]n2)c1. The molecule has 0 aliphatic rings. The van der Waals surface area contributed by atoms with Crippen LogP contribution in [0.15, 0.2) is 54.6 Å². The van der Waals surface area contributed by atoms with Crippen molar-refractivity contribution in [1.29, 1.82) is 0 Å². The highest BCUT2D eigenvalue weighted by atomic mass is 16.3. The second-order valence-corrected chi connectivity index (χ2v) is 5.92. The number of aromatic nitrogens is 2. The molecule has 0 aliphatic heterocycles. The van der Waals surface area contributed by atoms with Gasteiger partial charge in [-0.3, -0.25) is 9.89 Å². The highest BCUT2D eigenvalue weighted by Crippen LogP contribution is 2.25. The zero-order valence-electron chi connectivity index (χ0n) is 13.6. The van der Waals surface area contributed by atoms with Gasteiger partial charge in [-0.05, 0) is 61.9 Å². The Hall–Kier alpha value is -3.08. The molecule has 1 aromatic heterocycles. The maximum absolute atomic E-state index is 12.1. The van der Waals surface area contributed by atoms with E-state index in [4.69, 9.17) is 0 Å². The second kappa shape index (κ2) is 6.58. The molecule has 1 heterocycles. The number of nitrogens with zero attached hydrogens (tertiary/aromatic N) is 1.